The van der Waals surface area contributed by atoms with Gasteiger partial charge in [-0.3, -0.25) is 28.7 Å². The first kappa shape index (κ1) is 51.2. The number of rotatable bonds is 15. The van der Waals surface area contributed by atoms with Crippen LogP contribution in [-0.4, -0.2) is 97.0 Å². The van der Waals surface area contributed by atoms with Crippen molar-refractivity contribution in [2.24, 2.45) is 10.4 Å². The average molecular weight is 1040 g/mol. The van der Waals surface area contributed by atoms with Crippen molar-refractivity contribution < 1.29 is 33.4 Å². The molecule has 3 aromatic carbocycles. The third-order valence-corrected chi connectivity index (χ3v) is 15.8. The highest BCUT2D eigenvalue weighted by Crippen LogP contribution is 2.40. The van der Waals surface area contributed by atoms with Gasteiger partial charge in [-0.1, -0.05) is 68.8 Å². The van der Waals surface area contributed by atoms with Crippen molar-refractivity contribution in [2.75, 3.05) is 19.7 Å². The minimum Gasteiger partial charge on any atom is -0.494 e. The molecule has 1 saturated heterocycles. The topological polar surface area (TPSA) is 206 Å². The quantitative estimate of drug-likeness (QED) is 0.0718. The van der Waals surface area contributed by atoms with Crippen LogP contribution >= 0.6 is 34.3 Å². The number of aliphatic hydroxyl groups excluding tert-OH is 1. The fourth-order valence-corrected chi connectivity index (χ4v) is 11.5. The van der Waals surface area contributed by atoms with Crippen LogP contribution in [0.4, 0.5) is 0 Å². The van der Waals surface area contributed by atoms with Gasteiger partial charge < -0.3 is 35.1 Å². The largest absolute Gasteiger partial charge is 0.494 e. The Kier molecular flexibility index (Phi) is 14.7. The highest BCUT2D eigenvalue weighted by Gasteiger charge is 2.45. The number of nitrogens with one attached hydrogen (secondary N) is 3. The molecule has 7 aromatic rings. The number of likely N-dealkylation sites (tertiary alicyclic amines) is 1. The second-order valence-corrected chi connectivity index (χ2v) is 22.3. The van der Waals surface area contributed by atoms with Crippen molar-refractivity contribution in [2.45, 2.75) is 105 Å². The van der Waals surface area contributed by atoms with Gasteiger partial charge in [0.25, 0.3) is 5.91 Å². The second kappa shape index (κ2) is 21.0. The second-order valence-electron chi connectivity index (χ2n) is 19.8. The summed E-state index contributed by atoms with van der Waals surface area (Å²) in [5.74, 6) is 0.168. The van der Waals surface area contributed by atoms with Gasteiger partial charge in [-0.25, -0.2) is 4.98 Å². The smallest absolute Gasteiger partial charge is 0.287 e. The number of nitrogens with zero attached hydrogens (tertiary/aromatic N) is 6. The number of fused-ring (bicyclic) bond motifs is 4. The van der Waals surface area contributed by atoms with Crippen molar-refractivity contribution in [3.8, 4) is 21.2 Å². The molecule has 73 heavy (non-hydrogen) atoms. The lowest BCUT2D eigenvalue weighted by atomic mass is 9.85. The molecular formula is C54H58ClN9O7S2. The molecule has 0 bridgehead atoms. The van der Waals surface area contributed by atoms with Gasteiger partial charge in [-0.15, -0.1) is 32.9 Å². The molecule has 4 N–H and O–H groups in total. The van der Waals surface area contributed by atoms with E-state index in [0.717, 1.165) is 54.0 Å². The minimum absolute atomic E-state index is 0.00873. The molecule has 4 aromatic heterocycles. The van der Waals surface area contributed by atoms with Gasteiger partial charge in [0.1, 0.15) is 40.3 Å². The molecule has 2 aliphatic heterocycles. The van der Waals surface area contributed by atoms with E-state index in [1.54, 1.807) is 46.9 Å². The van der Waals surface area contributed by atoms with E-state index in [0.29, 0.717) is 53.0 Å². The van der Waals surface area contributed by atoms with Crippen molar-refractivity contribution in [3.05, 3.63) is 134 Å². The first-order chi connectivity index (χ1) is 34.8. The van der Waals surface area contributed by atoms with Crippen molar-refractivity contribution in [1.82, 2.24) is 40.6 Å². The summed E-state index contributed by atoms with van der Waals surface area (Å²) in [4.78, 5) is 68.6. The van der Waals surface area contributed by atoms with Crippen LogP contribution in [0, 0.1) is 33.1 Å². The van der Waals surface area contributed by atoms with E-state index in [1.165, 1.54) is 4.90 Å². The Hall–Kier alpha value is -6.73. The van der Waals surface area contributed by atoms with Gasteiger partial charge >= 0.3 is 0 Å². The van der Waals surface area contributed by atoms with Gasteiger partial charge in [0.15, 0.2) is 11.6 Å². The Balaban J connectivity index is 0.794. The number of thiazole rings is 1. The molecule has 2 aliphatic rings. The minimum atomic E-state index is -1.06. The number of benzene rings is 3. The van der Waals surface area contributed by atoms with Crippen molar-refractivity contribution in [1.29, 1.82) is 0 Å². The summed E-state index contributed by atoms with van der Waals surface area (Å²) >= 11 is 9.48. The van der Waals surface area contributed by atoms with Crippen LogP contribution in [-0.2, 0) is 14.4 Å². The number of aliphatic hydroxyl groups is 1. The third-order valence-electron chi connectivity index (χ3n) is 13.4. The molecule has 0 aliphatic carbocycles. The number of hydrogen-bond donors (Lipinski definition) is 4. The maximum atomic E-state index is 14.4. The molecule has 5 atom stereocenters. The molecular weight excluding hydrogens is 986 g/mol. The summed E-state index contributed by atoms with van der Waals surface area (Å²) in [6.07, 6.45) is -0.283. The zero-order valence-electron chi connectivity index (χ0n) is 41.9. The Bertz CT molecular complexity index is 3240. The maximum Gasteiger partial charge on any atom is 0.287 e. The Labute approximate surface area is 436 Å². The molecule has 4 amide bonds. The highest BCUT2D eigenvalue weighted by molar-refractivity contribution is 7.15. The van der Waals surface area contributed by atoms with Gasteiger partial charge in [0, 0.05) is 45.9 Å². The van der Waals surface area contributed by atoms with Gasteiger partial charge in [0.05, 0.1) is 47.0 Å². The number of β-amino-alcohol motifs (C(OH)–C–C–N with tert-alkyl or cyclic N) is 1. The Morgan fingerprint density at radius 1 is 0.959 bits per heavy atom. The summed E-state index contributed by atoms with van der Waals surface area (Å²) in [5.41, 5.74) is 8.12. The van der Waals surface area contributed by atoms with Crippen LogP contribution in [0.1, 0.15) is 114 Å². The Morgan fingerprint density at radius 2 is 1.70 bits per heavy atom. The summed E-state index contributed by atoms with van der Waals surface area (Å²) in [6, 6.07) is 19.3. The Morgan fingerprint density at radius 3 is 2.41 bits per heavy atom. The van der Waals surface area contributed by atoms with E-state index in [9.17, 15) is 24.3 Å². The van der Waals surface area contributed by atoms with E-state index in [4.69, 9.17) is 25.7 Å². The number of aliphatic imine (C=N–C) groups is 1. The molecule has 19 heteroatoms. The molecule has 1 fully saturated rings. The zero-order chi connectivity index (χ0) is 51.9. The number of hydrogen-bond acceptors (Lipinski definition) is 13. The van der Waals surface area contributed by atoms with E-state index >= 15 is 0 Å². The van der Waals surface area contributed by atoms with Gasteiger partial charge in [0.2, 0.25) is 17.7 Å². The molecule has 9 rings (SSSR count). The van der Waals surface area contributed by atoms with E-state index < -0.39 is 47.4 Å². The highest BCUT2D eigenvalue weighted by atomic mass is 35.5. The van der Waals surface area contributed by atoms with Gasteiger partial charge in [-0.2, -0.15) is 0 Å². The molecule has 16 nitrogen and oxygen atoms in total. The summed E-state index contributed by atoms with van der Waals surface area (Å²) in [6.45, 7) is 16.0. The summed E-state index contributed by atoms with van der Waals surface area (Å²) < 4.78 is 14.0. The van der Waals surface area contributed by atoms with Gasteiger partial charge in [-0.05, 0) is 99.5 Å². The number of aromatic nitrogens is 4. The lowest BCUT2D eigenvalue weighted by Gasteiger charge is -2.35. The van der Waals surface area contributed by atoms with E-state index in [2.05, 4.69) is 45.0 Å². The molecule has 0 radical (unpaired) electrons. The average Bonchev–Trinajstić information content (AvgIpc) is 4.19. The predicted molar refractivity (Wildman–Crippen MR) is 283 cm³/mol. The lowest BCUT2D eigenvalue weighted by Crippen LogP contribution is -2.57. The predicted octanol–water partition coefficient (Wildman–Crippen LogP) is 8.94. The lowest BCUT2D eigenvalue weighted by molar-refractivity contribution is -0.142. The fourth-order valence-electron chi connectivity index (χ4n) is 9.31. The first-order valence-corrected chi connectivity index (χ1v) is 26.3. The van der Waals surface area contributed by atoms with Crippen molar-refractivity contribution in [3.63, 3.8) is 0 Å². The number of aryl methyl sites for hydroxylation is 3. The summed E-state index contributed by atoms with van der Waals surface area (Å²) in [5, 5.41) is 30.8. The normalized spacial score (nSPS) is 17.3. The van der Waals surface area contributed by atoms with E-state index in [1.807, 2.05) is 100 Å². The van der Waals surface area contributed by atoms with Crippen LogP contribution in [0.5, 0.6) is 5.75 Å². The SMILES string of the molecule is Cc1ncsc1-c1ccc([C@H](C)NC(=O)[C@@H]2C[C@@H](O)CN2C(=O)C(NC(=O)c2cc3cc(OCCCNC(=O)C[C@@H]4N=C(c5ccc(Cl)cc5)c5c(sc(C)c5C)-n5c(C)nnc54)ccc3o2)C(C)(C)C)cc1. The number of carbonyl (C=O) groups excluding carboxylic acids is 4. The molecule has 1 unspecified atom stereocenters. The molecule has 0 spiro atoms. The zero-order valence-corrected chi connectivity index (χ0v) is 44.3. The van der Waals surface area contributed by atoms with Crippen LogP contribution in [0.25, 0.3) is 26.4 Å². The van der Waals surface area contributed by atoms with Crippen LogP contribution < -0.4 is 20.7 Å². The standard InChI is InChI=1S/C54H58ClN9O7S2/c1-28-31(4)73-53-45(28)46(34-14-16-37(55)17-15-34)59-40(49-62-61-32(5)64(49)53)25-44(66)56-20-9-21-70-39-18-19-42-36(22-39)23-43(71-42)51(68)60-48(54(6,7)8)52(69)63-26-38(65)24-41(63)50(67)58-29(2)33-10-12-35(13-11-33)47-30(3)57-27-72-47/h10-19,22-23,27,29,38,40-41,48,65H,9,20-21,24-26H2,1-8H3,(H,56,66)(H,58,67)(H,60,68)/t29-,38+,40-,41-,48?/m0/s1. The maximum absolute atomic E-state index is 14.4. The van der Waals surface area contributed by atoms with Crippen molar-refractivity contribution >= 4 is 74.6 Å². The number of furan rings is 1. The molecule has 0 saturated carbocycles. The summed E-state index contributed by atoms with van der Waals surface area (Å²) in [7, 11) is 0. The first-order valence-electron chi connectivity index (χ1n) is 24.2. The fraction of sp³-hybridized carbons (Fsp3) is 0.370. The van der Waals surface area contributed by atoms with Crippen LogP contribution in [0.15, 0.2) is 87.7 Å². The molecule has 380 valence electrons. The van der Waals surface area contributed by atoms with E-state index in [-0.39, 0.29) is 37.1 Å². The third kappa shape index (κ3) is 10.8. The number of thiophene rings is 1. The van der Waals surface area contributed by atoms with Crippen LogP contribution in [0.2, 0.25) is 5.02 Å². The molecule has 6 heterocycles. The number of amides is 4. The number of carbonyl (C=O) groups is 4. The van der Waals surface area contributed by atoms with Crippen LogP contribution in [0.3, 0.4) is 0 Å². The monoisotopic (exact) mass is 1040 g/mol. The number of halogens is 1. The number of ether oxygens (including phenoxy) is 1.